The topological polar surface area (TPSA) is 97.9 Å². The van der Waals surface area contributed by atoms with E-state index in [9.17, 15) is 4.79 Å². The number of nitrogens with zero attached hydrogens (tertiary/aromatic N) is 1. The number of fused-ring (bicyclic) bond motifs is 1. The first-order chi connectivity index (χ1) is 12.2. The number of imidazole rings is 1. The number of amides is 1. The molecule has 0 atom stereocenters. The average molecular weight is 330 g/mol. The molecule has 0 saturated carbocycles. The Labute approximate surface area is 143 Å². The molecule has 0 spiro atoms. The van der Waals surface area contributed by atoms with Crippen molar-refractivity contribution in [1.82, 2.24) is 9.97 Å². The van der Waals surface area contributed by atoms with Crippen molar-refractivity contribution in [3.8, 4) is 11.4 Å². The minimum absolute atomic E-state index is 0.172. The summed E-state index contributed by atoms with van der Waals surface area (Å²) in [5.41, 5.74) is 10.3. The lowest BCUT2D eigenvalue weighted by Crippen LogP contribution is -2.14. The third-order valence-electron chi connectivity index (χ3n) is 3.89. The lowest BCUT2D eigenvalue weighted by molar-refractivity contribution is -0.378. The fourth-order valence-electron chi connectivity index (χ4n) is 2.60. The van der Waals surface area contributed by atoms with Crippen LogP contribution in [0.3, 0.4) is 0 Å². The summed E-state index contributed by atoms with van der Waals surface area (Å²) in [6, 6.07) is 16.6. The van der Waals surface area contributed by atoms with Crippen LogP contribution < -0.4 is 16.0 Å². The number of carbonyl (C=O) groups excluding carboxylic acids is 1. The summed E-state index contributed by atoms with van der Waals surface area (Å²) < 4.78 is 0. The van der Waals surface area contributed by atoms with E-state index in [-0.39, 0.29) is 5.91 Å². The predicted molar refractivity (Wildman–Crippen MR) is 96.9 cm³/mol. The summed E-state index contributed by atoms with van der Waals surface area (Å²) in [5, 5.41) is 2.88. The highest BCUT2D eigenvalue weighted by molar-refractivity contribution is 6.04. The molecular formula is C19H16N5O+. The lowest BCUT2D eigenvalue weighted by atomic mass is 10.2. The normalized spacial score (nSPS) is 10.7. The van der Waals surface area contributed by atoms with E-state index in [4.69, 9.17) is 5.73 Å². The van der Waals surface area contributed by atoms with Crippen LogP contribution in [0, 0.1) is 0 Å². The van der Waals surface area contributed by atoms with Gasteiger partial charge in [0.25, 0.3) is 5.91 Å². The summed E-state index contributed by atoms with van der Waals surface area (Å²) in [4.78, 5) is 23.0. The highest BCUT2D eigenvalue weighted by Crippen LogP contribution is 2.23. The van der Waals surface area contributed by atoms with E-state index in [0.29, 0.717) is 16.9 Å². The van der Waals surface area contributed by atoms with E-state index in [1.807, 2.05) is 42.5 Å². The van der Waals surface area contributed by atoms with Crippen molar-refractivity contribution in [1.29, 1.82) is 0 Å². The molecule has 0 saturated heterocycles. The van der Waals surface area contributed by atoms with Gasteiger partial charge in [0.05, 0.1) is 11.0 Å². The third kappa shape index (κ3) is 3.05. The first-order valence-electron chi connectivity index (χ1n) is 7.82. The van der Waals surface area contributed by atoms with Crippen molar-refractivity contribution in [2.24, 2.45) is 0 Å². The van der Waals surface area contributed by atoms with Crippen LogP contribution in [-0.4, -0.2) is 15.9 Å². The van der Waals surface area contributed by atoms with Crippen molar-refractivity contribution in [3.63, 3.8) is 0 Å². The number of hydrogen-bond acceptors (Lipinski definition) is 3. The minimum Gasteiger partial charge on any atom is -0.399 e. The molecule has 0 aliphatic carbocycles. The number of anilines is 2. The molecule has 6 heteroatoms. The van der Waals surface area contributed by atoms with E-state index in [0.717, 1.165) is 22.4 Å². The molecule has 2 heterocycles. The molecule has 122 valence electrons. The Morgan fingerprint density at radius 3 is 2.72 bits per heavy atom. The number of hydrogen-bond donors (Lipinski definition) is 3. The molecule has 2 aromatic heterocycles. The van der Waals surface area contributed by atoms with Gasteiger partial charge in [0.2, 0.25) is 0 Å². The zero-order chi connectivity index (χ0) is 17.2. The van der Waals surface area contributed by atoms with Crippen LogP contribution in [0.2, 0.25) is 0 Å². The van der Waals surface area contributed by atoms with E-state index in [1.165, 1.54) is 0 Å². The summed E-state index contributed by atoms with van der Waals surface area (Å²) in [5.74, 6) is 0.589. The summed E-state index contributed by atoms with van der Waals surface area (Å²) >= 11 is 0. The fourth-order valence-corrected chi connectivity index (χ4v) is 2.60. The summed E-state index contributed by atoms with van der Waals surface area (Å²) in [6.45, 7) is 0. The van der Waals surface area contributed by atoms with Gasteiger partial charge in [-0.05, 0) is 48.5 Å². The Balaban J connectivity index is 1.62. The fraction of sp³-hybridized carbons (Fsp3) is 0. The van der Waals surface area contributed by atoms with Gasteiger partial charge >= 0.3 is 0 Å². The molecule has 25 heavy (non-hydrogen) atoms. The van der Waals surface area contributed by atoms with Crippen molar-refractivity contribution in [2.75, 3.05) is 11.1 Å². The molecule has 0 aliphatic heterocycles. The number of rotatable bonds is 3. The maximum absolute atomic E-state index is 12.2. The Morgan fingerprint density at radius 1 is 1.12 bits per heavy atom. The molecule has 4 rings (SSSR count). The molecule has 0 radical (unpaired) electrons. The van der Waals surface area contributed by atoms with Gasteiger partial charge < -0.3 is 16.0 Å². The van der Waals surface area contributed by atoms with Crippen molar-refractivity contribution < 1.29 is 9.78 Å². The lowest BCUT2D eigenvalue weighted by Gasteiger charge is -2.03. The standard InChI is InChI=1S/C19H15N5O/c20-14-5-3-12(4-6-14)18-23-16-8-7-15(10-17(16)24-18)22-19(25)13-2-1-9-21-11-13/h1-11H,20H2,(H,22,25)(H,23,24)/p+1. The Hall–Kier alpha value is -3.67. The van der Waals surface area contributed by atoms with Gasteiger partial charge in [0.1, 0.15) is 11.4 Å². The number of nitrogens with one attached hydrogen (secondary N) is 3. The maximum Gasteiger partial charge on any atom is 0.261 e. The van der Waals surface area contributed by atoms with Crippen LogP contribution in [-0.2, 0) is 0 Å². The first kappa shape index (κ1) is 14.9. The SMILES string of the molecule is Nc1ccc(-c2nc3ccc(NC(=O)c4ccc[nH+]c4)cc3[nH]2)cc1. The van der Waals surface area contributed by atoms with Gasteiger partial charge in [-0.3, -0.25) is 4.79 Å². The van der Waals surface area contributed by atoms with Gasteiger partial charge in [0.15, 0.2) is 12.4 Å². The molecule has 1 amide bonds. The van der Waals surface area contributed by atoms with E-state index < -0.39 is 0 Å². The Morgan fingerprint density at radius 2 is 1.96 bits per heavy atom. The molecule has 5 N–H and O–H groups in total. The van der Waals surface area contributed by atoms with E-state index in [1.54, 1.807) is 24.5 Å². The van der Waals surface area contributed by atoms with Crippen LogP contribution in [0.1, 0.15) is 10.4 Å². The monoisotopic (exact) mass is 330 g/mol. The summed E-state index contributed by atoms with van der Waals surface area (Å²) in [7, 11) is 0. The zero-order valence-corrected chi connectivity index (χ0v) is 13.3. The van der Waals surface area contributed by atoms with Crippen LogP contribution in [0.5, 0.6) is 0 Å². The molecule has 4 aromatic rings. The van der Waals surface area contributed by atoms with Gasteiger partial charge in [0, 0.05) is 23.0 Å². The van der Waals surface area contributed by atoms with Crippen molar-refractivity contribution in [2.45, 2.75) is 0 Å². The van der Waals surface area contributed by atoms with Gasteiger partial charge in [-0.1, -0.05) is 0 Å². The number of aromatic amines is 2. The number of nitrogen functional groups attached to an aromatic ring is 1. The maximum atomic E-state index is 12.2. The smallest absolute Gasteiger partial charge is 0.261 e. The van der Waals surface area contributed by atoms with Crippen molar-refractivity contribution in [3.05, 3.63) is 72.6 Å². The Bertz CT molecular complexity index is 1040. The second kappa shape index (κ2) is 6.09. The number of H-pyrrole nitrogens is 2. The highest BCUT2D eigenvalue weighted by atomic mass is 16.1. The second-order valence-corrected chi connectivity index (χ2v) is 5.69. The first-order valence-corrected chi connectivity index (χ1v) is 7.82. The van der Waals surface area contributed by atoms with Crippen LogP contribution in [0.15, 0.2) is 67.0 Å². The molecule has 2 aromatic carbocycles. The third-order valence-corrected chi connectivity index (χ3v) is 3.89. The molecular weight excluding hydrogens is 314 g/mol. The quantitative estimate of drug-likeness (QED) is 0.504. The largest absolute Gasteiger partial charge is 0.399 e. The zero-order valence-electron chi connectivity index (χ0n) is 13.3. The Kier molecular flexibility index (Phi) is 3.63. The van der Waals surface area contributed by atoms with E-state index >= 15 is 0 Å². The molecule has 0 bridgehead atoms. The second-order valence-electron chi connectivity index (χ2n) is 5.69. The van der Waals surface area contributed by atoms with Gasteiger partial charge in [-0.15, -0.1) is 0 Å². The number of carbonyl (C=O) groups is 1. The van der Waals surface area contributed by atoms with Gasteiger partial charge in [-0.2, -0.15) is 0 Å². The molecule has 0 unspecified atom stereocenters. The minimum atomic E-state index is -0.172. The van der Waals surface area contributed by atoms with Crippen LogP contribution in [0.4, 0.5) is 11.4 Å². The van der Waals surface area contributed by atoms with Crippen molar-refractivity contribution >= 4 is 28.3 Å². The predicted octanol–water partition coefficient (Wildman–Crippen LogP) is 2.88. The number of benzene rings is 2. The molecule has 0 aliphatic rings. The highest BCUT2D eigenvalue weighted by Gasteiger charge is 2.10. The van der Waals surface area contributed by atoms with Gasteiger partial charge in [-0.25, -0.2) is 9.97 Å². The van der Waals surface area contributed by atoms with E-state index in [2.05, 4.69) is 20.3 Å². The molecule has 6 nitrogen and oxygen atoms in total. The average Bonchev–Trinajstić information content (AvgIpc) is 3.06. The number of pyridine rings is 1. The number of aromatic nitrogens is 3. The number of nitrogens with two attached hydrogens (primary N) is 1. The van der Waals surface area contributed by atoms with Crippen LogP contribution >= 0.6 is 0 Å². The summed E-state index contributed by atoms with van der Waals surface area (Å²) in [6.07, 6.45) is 3.41. The van der Waals surface area contributed by atoms with Crippen LogP contribution in [0.25, 0.3) is 22.4 Å². The molecule has 0 fully saturated rings.